The fourth-order valence-corrected chi connectivity index (χ4v) is 1.46. The van der Waals surface area contributed by atoms with Gasteiger partial charge in [0.1, 0.15) is 0 Å². The Morgan fingerprint density at radius 3 is 0.846 bits per heavy atom. The number of rotatable bonds is 11. The molecule has 0 bridgehead atoms. The Morgan fingerprint density at radius 1 is 0.500 bits per heavy atom. The predicted molar refractivity (Wildman–Crippen MR) is 74.9 cm³/mol. The van der Waals surface area contributed by atoms with Crippen molar-refractivity contribution in [1.82, 2.24) is 0 Å². The lowest BCUT2D eigenvalue weighted by molar-refractivity contribution is -0.969. The molecule has 0 aromatic carbocycles. The van der Waals surface area contributed by atoms with Crippen LogP contribution in [0.5, 0.6) is 0 Å². The van der Waals surface area contributed by atoms with Crippen LogP contribution in [-0.4, -0.2) is 41.1 Å². The van der Waals surface area contributed by atoms with Crippen molar-refractivity contribution in [2.75, 3.05) is 0 Å². The molecule has 0 unspecified atom stereocenters. The van der Waals surface area contributed by atoms with Crippen molar-refractivity contribution in [3.8, 4) is 0 Å². The summed E-state index contributed by atoms with van der Waals surface area (Å²) in [7, 11) is 0. The minimum absolute atomic E-state index is 0.580. The first kappa shape index (κ1) is 21.9. The molecule has 18 heteroatoms. The third-order valence-corrected chi connectivity index (χ3v) is 2.92. The van der Waals surface area contributed by atoms with Crippen LogP contribution in [0.1, 0.15) is 12.8 Å². The monoisotopic (exact) mass is 380 g/mol. The van der Waals surface area contributed by atoms with Gasteiger partial charge in [-0.15, -0.1) is 0 Å². The second-order valence-corrected chi connectivity index (χ2v) is 4.36. The Hall–Kier alpha value is -4.12. The molecule has 0 aliphatic carbocycles. The molecule has 0 fully saturated rings. The van der Waals surface area contributed by atoms with Crippen molar-refractivity contribution in [2.45, 2.75) is 24.4 Å². The van der Waals surface area contributed by atoms with Gasteiger partial charge in [-0.3, -0.25) is 60.7 Å². The van der Waals surface area contributed by atoms with E-state index in [9.17, 15) is 60.7 Å². The smallest absolute Gasteiger partial charge is 0.253 e. The van der Waals surface area contributed by atoms with Gasteiger partial charge >= 0.3 is 11.6 Å². The number of hydrogen-bond acceptors (Lipinski definition) is 12. The zero-order chi connectivity index (χ0) is 20.7. The van der Waals surface area contributed by atoms with Gasteiger partial charge in [0, 0.05) is 0 Å². The van der Waals surface area contributed by atoms with Gasteiger partial charge in [-0.2, -0.15) is 0 Å². The minimum Gasteiger partial charge on any atom is -0.253 e. The highest BCUT2D eigenvalue weighted by atomic mass is 16.7. The van der Waals surface area contributed by atoms with Crippen molar-refractivity contribution in [2.24, 2.45) is 0 Å². The molecule has 0 radical (unpaired) electrons. The molecule has 0 saturated carbocycles. The van der Waals surface area contributed by atoms with Crippen LogP contribution in [0.4, 0.5) is 0 Å². The third-order valence-electron chi connectivity index (χ3n) is 2.92. The fourth-order valence-electron chi connectivity index (χ4n) is 1.46. The SMILES string of the molecule is O=[N+]([O-])C(CC=CC=CCC([N+](=O)[O-])([N+](=O)[O-])[N+](=O)[O-])([N+](=O)[O-])[N+](=O)[O-]. The lowest BCUT2D eigenvalue weighted by atomic mass is 10.2. The Balaban J connectivity index is 5.36. The molecule has 0 aliphatic heterocycles. The third kappa shape index (κ3) is 3.85. The van der Waals surface area contributed by atoms with E-state index in [-0.39, 0.29) is 0 Å². The van der Waals surface area contributed by atoms with Gasteiger partial charge in [0.15, 0.2) is 42.4 Å². The maximum absolute atomic E-state index is 10.6. The van der Waals surface area contributed by atoms with E-state index in [0.29, 0.717) is 12.2 Å². The highest BCUT2D eigenvalue weighted by molar-refractivity contribution is 5.03. The van der Waals surface area contributed by atoms with Crippen molar-refractivity contribution >= 4 is 0 Å². The summed E-state index contributed by atoms with van der Waals surface area (Å²) in [6.45, 7) is 0. The van der Waals surface area contributed by atoms with E-state index in [0.717, 1.165) is 12.2 Å². The summed E-state index contributed by atoms with van der Waals surface area (Å²) < 4.78 is 0. The molecular formula is C8H8N6O12. The molecule has 0 saturated heterocycles. The lowest BCUT2D eigenvalue weighted by Crippen LogP contribution is -2.52. The molecular weight excluding hydrogens is 372 g/mol. The summed E-state index contributed by atoms with van der Waals surface area (Å²) in [6, 6.07) is 0. The van der Waals surface area contributed by atoms with E-state index in [1.54, 1.807) is 0 Å². The number of hydrogen-bond donors (Lipinski definition) is 0. The zero-order valence-corrected chi connectivity index (χ0v) is 12.3. The van der Waals surface area contributed by atoms with E-state index < -0.39 is 54.0 Å². The van der Waals surface area contributed by atoms with E-state index >= 15 is 0 Å². The highest BCUT2D eigenvalue weighted by Gasteiger charge is 2.70. The average Bonchev–Trinajstić information content (AvgIpc) is 2.47. The second-order valence-electron chi connectivity index (χ2n) is 4.36. The Morgan fingerprint density at radius 2 is 0.692 bits per heavy atom. The molecule has 0 amide bonds. The summed E-state index contributed by atoms with van der Waals surface area (Å²) in [5.74, 6) is -7.53. The van der Waals surface area contributed by atoms with Crippen molar-refractivity contribution < 1.29 is 29.5 Å². The molecule has 142 valence electrons. The summed E-state index contributed by atoms with van der Waals surface area (Å²) in [5.41, 5.74) is 0. The largest absolute Gasteiger partial charge is 0.703 e. The van der Waals surface area contributed by atoms with Crippen LogP contribution in [-0.2, 0) is 0 Å². The Labute approximate surface area is 140 Å². The number of nitrogens with zero attached hydrogens (tertiary/aromatic N) is 6. The van der Waals surface area contributed by atoms with Crippen LogP contribution in [0.15, 0.2) is 24.3 Å². The summed E-state index contributed by atoms with van der Waals surface area (Å²) in [5, 5.41) is 63.8. The molecule has 0 aliphatic rings. The number of nitro groups is 6. The van der Waals surface area contributed by atoms with Crippen LogP contribution < -0.4 is 0 Å². The molecule has 26 heavy (non-hydrogen) atoms. The van der Waals surface area contributed by atoms with Gasteiger partial charge in [0.05, 0.1) is 0 Å². The van der Waals surface area contributed by atoms with Crippen LogP contribution in [0, 0.1) is 60.7 Å². The van der Waals surface area contributed by atoms with Gasteiger partial charge in [-0.1, -0.05) is 24.3 Å². The van der Waals surface area contributed by atoms with Crippen molar-refractivity contribution in [1.29, 1.82) is 0 Å². The molecule has 0 spiro atoms. The lowest BCUT2D eigenvalue weighted by Gasteiger charge is -2.06. The van der Waals surface area contributed by atoms with E-state index in [1.807, 2.05) is 0 Å². The van der Waals surface area contributed by atoms with Crippen LogP contribution in [0.3, 0.4) is 0 Å². The van der Waals surface area contributed by atoms with Crippen LogP contribution >= 0.6 is 0 Å². The first-order valence-electron chi connectivity index (χ1n) is 6.06. The van der Waals surface area contributed by atoms with Crippen molar-refractivity contribution in [3.63, 3.8) is 0 Å². The molecule has 0 atom stereocenters. The normalized spacial score (nSPS) is 12.2. The molecule has 0 aromatic heterocycles. The Kier molecular flexibility index (Phi) is 6.83. The number of allylic oxidation sites excluding steroid dienone is 2. The molecule has 18 nitrogen and oxygen atoms in total. The van der Waals surface area contributed by atoms with Crippen LogP contribution in [0.25, 0.3) is 0 Å². The standard InChI is InChI=1S/C8H8N6O12/c15-9(16)7(10(17)18,11(19)20)5-3-1-2-4-6-8(12(21)22,13(23)24)14(25)26/h1-4H,5-6H2. The van der Waals surface area contributed by atoms with Gasteiger partial charge in [0.25, 0.3) is 0 Å². The molecule has 0 heterocycles. The van der Waals surface area contributed by atoms with Gasteiger partial charge in [-0.25, -0.2) is 0 Å². The van der Waals surface area contributed by atoms with Gasteiger partial charge in [-0.05, 0) is 0 Å². The van der Waals surface area contributed by atoms with Crippen LogP contribution in [0.2, 0.25) is 0 Å². The fraction of sp³-hybridized carbons (Fsp3) is 0.500. The zero-order valence-electron chi connectivity index (χ0n) is 12.3. The first-order chi connectivity index (χ1) is 11.9. The minimum atomic E-state index is -3.77. The summed E-state index contributed by atoms with van der Waals surface area (Å²) in [4.78, 5) is 53.3. The van der Waals surface area contributed by atoms with Crippen molar-refractivity contribution in [3.05, 3.63) is 85.0 Å². The summed E-state index contributed by atoms with van der Waals surface area (Å²) >= 11 is 0. The quantitative estimate of drug-likeness (QED) is 0.196. The van der Waals surface area contributed by atoms with E-state index in [4.69, 9.17) is 0 Å². The average molecular weight is 380 g/mol. The van der Waals surface area contributed by atoms with E-state index in [1.165, 1.54) is 0 Å². The summed E-state index contributed by atoms with van der Waals surface area (Å²) in [6.07, 6.45) is -0.0514. The highest BCUT2D eigenvalue weighted by Crippen LogP contribution is 2.19. The van der Waals surface area contributed by atoms with Gasteiger partial charge < -0.3 is 0 Å². The second kappa shape index (κ2) is 8.12. The van der Waals surface area contributed by atoms with Gasteiger partial charge in [0.2, 0.25) is 0 Å². The topological polar surface area (TPSA) is 259 Å². The maximum Gasteiger partial charge on any atom is 0.703 e. The molecule has 0 N–H and O–H groups in total. The molecule has 0 rings (SSSR count). The first-order valence-corrected chi connectivity index (χ1v) is 6.06. The maximum atomic E-state index is 10.6. The predicted octanol–water partition coefficient (Wildman–Crippen LogP) is -0.153. The Bertz CT molecular complexity index is 580. The van der Waals surface area contributed by atoms with E-state index in [2.05, 4.69) is 0 Å². The molecule has 0 aromatic rings.